The summed E-state index contributed by atoms with van der Waals surface area (Å²) in [4.78, 5) is -0.304. The van der Waals surface area contributed by atoms with E-state index in [-0.39, 0.29) is 21.5 Å². The van der Waals surface area contributed by atoms with Crippen molar-refractivity contribution < 1.29 is 21.2 Å². The van der Waals surface area contributed by atoms with Crippen LogP contribution in [0.1, 0.15) is 12.8 Å². The molecule has 0 atom stereocenters. The van der Waals surface area contributed by atoms with Crippen molar-refractivity contribution in [2.75, 3.05) is 4.72 Å². The van der Waals surface area contributed by atoms with Crippen LogP contribution in [0.4, 0.5) is 10.1 Å². The van der Waals surface area contributed by atoms with Gasteiger partial charge in [-0.1, -0.05) is 6.07 Å². The number of hydrogen-bond acceptors (Lipinski definition) is 4. The minimum Gasteiger partial charge on any atom is -0.280 e. The predicted molar refractivity (Wildman–Crippen MR) is 87.0 cm³/mol. The fourth-order valence-corrected chi connectivity index (χ4v) is 4.56. The molecule has 24 heavy (non-hydrogen) atoms. The molecule has 0 amide bonds. The van der Waals surface area contributed by atoms with Crippen molar-refractivity contribution in [1.29, 1.82) is 0 Å². The summed E-state index contributed by atoms with van der Waals surface area (Å²) in [7, 11) is -7.74. The third-order valence-electron chi connectivity index (χ3n) is 3.42. The molecule has 128 valence electrons. The van der Waals surface area contributed by atoms with Gasteiger partial charge in [0.2, 0.25) is 10.0 Å². The lowest BCUT2D eigenvalue weighted by atomic mass is 10.3. The van der Waals surface area contributed by atoms with E-state index < -0.39 is 25.9 Å². The van der Waals surface area contributed by atoms with Crippen molar-refractivity contribution in [3.8, 4) is 0 Å². The van der Waals surface area contributed by atoms with E-state index in [1.54, 1.807) is 0 Å². The Morgan fingerprint density at radius 1 is 0.875 bits per heavy atom. The van der Waals surface area contributed by atoms with Crippen LogP contribution >= 0.6 is 0 Å². The number of anilines is 1. The van der Waals surface area contributed by atoms with Gasteiger partial charge in [0.05, 0.1) is 9.79 Å². The van der Waals surface area contributed by atoms with Gasteiger partial charge in [-0.2, -0.15) is 0 Å². The minimum absolute atomic E-state index is 0.0763. The van der Waals surface area contributed by atoms with Crippen LogP contribution in [0, 0.1) is 5.82 Å². The zero-order valence-electron chi connectivity index (χ0n) is 12.4. The summed E-state index contributed by atoms with van der Waals surface area (Å²) in [6.07, 6.45) is 1.56. The SMILES string of the molecule is O=S(=O)(Nc1ccc(F)cc1)c1cccc(S(=O)(=O)NC2CC2)c1. The summed E-state index contributed by atoms with van der Waals surface area (Å²) < 4.78 is 66.8. The van der Waals surface area contributed by atoms with Crippen LogP contribution < -0.4 is 9.44 Å². The van der Waals surface area contributed by atoms with Crippen molar-refractivity contribution in [1.82, 2.24) is 4.72 Å². The highest BCUT2D eigenvalue weighted by atomic mass is 32.2. The average molecular weight is 370 g/mol. The Hall–Kier alpha value is -1.97. The molecule has 0 bridgehead atoms. The van der Waals surface area contributed by atoms with Crippen LogP contribution in [0.3, 0.4) is 0 Å². The van der Waals surface area contributed by atoms with Gasteiger partial charge in [-0.05, 0) is 55.3 Å². The maximum absolute atomic E-state index is 12.9. The Labute approximate surface area is 139 Å². The van der Waals surface area contributed by atoms with Crippen LogP contribution in [0.15, 0.2) is 58.3 Å². The number of halogens is 1. The molecule has 2 N–H and O–H groups in total. The Balaban J connectivity index is 1.88. The van der Waals surface area contributed by atoms with Crippen LogP contribution in [-0.2, 0) is 20.0 Å². The van der Waals surface area contributed by atoms with Crippen molar-refractivity contribution in [3.05, 3.63) is 54.3 Å². The number of rotatable bonds is 6. The van der Waals surface area contributed by atoms with Gasteiger partial charge in [0.25, 0.3) is 10.0 Å². The first-order valence-electron chi connectivity index (χ1n) is 7.17. The molecule has 3 rings (SSSR count). The number of hydrogen-bond donors (Lipinski definition) is 2. The van der Waals surface area contributed by atoms with Crippen LogP contribution in [0.2, 0.25) is 0 Å². The molecule has 1 aliphatic carbocycles. The highest BCUT2D eigenvalue weighted by molar-refractivity contribution is 7.93. The van der Waals surface area contributed by atoms with Gasteiger partial charge < -0.3 is 0 Å². The molecule has 0 radical (unpaired) electrons. The largest absolute Gasteiger partial charge is 0.280 e. The maximum atomic E-state index is 12.9. The second-order valence-electron chi connectivity index (χ2n) is 5.48. The monoisotopic (exact) mass is 370 g/mol. The summed E-state index contributed by atoms with van der Waals surface area (Å²) in [5.41, 5.74) is 0.181. The van der Waals surface area contributed by atoms with Crippen molar-refractivity contribution in [2.45, 2.75) is 28.7 Å². The van der Waals surface area contributed by atoms with Crippen LogP contribution in [0.5, 0.6) is 0 Å². The highest BCUT2D eigenvalue weighted by Crippen LogP contribution is 2.24. The maximum Gasteiger partial charge on any atom is 0.261 e. The Morgan fingerprint density at radius 3 is 2.04 bits per heavy atom. The molecule has 0 saturated heterocycles. The standard InChI is InChI=1S/C15H15FN2O4S2/c16-11-4-6-12(7-5-11)17-23(19,20)14-2-1-3-15(10-14)24(21,22)18-13-8-9-13/h1-7,10,13,17-18H,8-9H2. The van der Waals surface area contributed by atoms with Crippen LogP contribution in [0.25, 0.3) is 0 Å². The molecular formula is C15H15FN2O4S2. The van der Waals surface area contributed by atoms with Crippen LogP contribution in [-0.4, -0.2) is 22.9 Å². The summed E-state index contributed by atoms with van der Waals surface area (Å²) in [5, 5.41) is 0. The normalized spacial score (nSPS) is 15.2. The lowest BCUT2D eigenvalue weighted by Gasteiger charge is -2.10. The molecule has 0 spiro atoms. The predicted octanol–water partition coefficient (Wildman–Crippen LogP) is 2.07. The Bertz CT molecular complexity index is 953. The lowest BCUT2D eigenvalue weighted by Crippen LogP contribution is -2.26. The molecule has 1 fully saturated rings. The number of sulfonamides is 2. The number of nitrogens with one attached hydrogen (secondary N) is 2. The van der Waals surface area contributed by atoms with E-state index in [9.17, 15) is 21.2 Å². The Morgan fingerprint density at radius 2 is 1.46 bits per heavy atom. The van der Waals surface area contributed by atoms with Gasteiger partial charge in [0.1, 0.15) is 5.82 Å². The first kappa shape index (κ1) is 16.9. The minimum atomic E-state index is -3.99. The van der Waals surface area contributed by atoms with Crippen molar-refractivity contribution in [3.63, 3.8) is 0 Å². The molecule has 0 unspecified atom stereocenters. The molecule has 1 aliphatic rings. The van der Waals surface area contributed by atoms with Crippen molar-refractivity contribution in [2.24, 2.45) is 0 Å². The lowest BCUT2D eigenvalue weighted by molar-refractivity contribution is 0.580. The second kappa shape index (κ2) is 6.15. The fourth-order valence-electron chi connectivity index (χ4n) is 2.03. The number of benzene rings is 2. The Kier molecular flexibility index (Phi) is 4.33. The summed E-state index contributed by atoms with van der Waals surface area (Å²) in [5.74, 6) is -0.489. The molecule has 9 heteroatoms. The van der Waals surface area contributed by atoms with E-state index in [1.165, 1.54) is 30.3 Å². The quantitative estimate of drug-likeness (QED) is 0.814. The molecule has 0 aromatic heterocycles. The molecule has 0 aliphatic heterocycles. The molecule has 6 nitrogen and oxygen atoms in total. The van der Waals surface area contributed by atoms with E-state index in [0.717, 1.165) is 31.0 Å². The first-order chi connectivity index (χ1) is 11.3. The molecule has 2 aromatic carbocycles. The smallest absolute Gasteiger partial charge is 0.261 e. The second-order valence-corrected chi connectivity index (χ2v) is 8.88. The zero-order chi connectivity index (χ0) is 17.4. The topological polar surface area (TPSA) is 92.3 Å². The van der Waals surface area contributed by atoms with Gasteiger partial charge in [0.15, 0.2) is 0 Å². The molecular weight excluding hydrogens is 355 g/mol. The third-order valence-corrected chi connectivity index (χ3v) is 6.32. The third kappa shape index (κ3) is 3.92. The fraction of sp³-hybridized carbons (Fsp3) is 0.200. The summed E-state index contributed by atoms with van der Waals surface area (Å²) in [6, 6.07) is 9.81. The molecule has 0 heterocycles. The van der Waals surface area contributed by atoms with Gasteiger partial charge in [-0.3, -0.25) is 4.72 Å². The van der Waals surface area contributed by atoms with Gasteiger partial charge in [-0.15, -0.1) is 0 Å². The van der Waals surface area contributed by atoms with E-state index in [4.69, 9.17) is 0 Å². The van der Waals surface area contributed by atoms with Gasteiger partial charge >= 0.3 is 0 Å². The van der Waals surface area contributed by atoms with E-state index in [1.807, 2.05) is 0 Å². The van der Waals surface area contributed by atoms with Gasteiger partial charge in [0, 0.05) is 11.7 Å². The van der Waals surface area contributed by atoms with E-state index in [2.05, 4.69) is 9.44 Å². The first-order valence-corrected chi connectivity index (χ1v) is 10.1. The molecule has 1 saturated carbocycles. The molecule has 2 aromatic rings. The summed E-state index contributed by atoms with van der Waals surface area (Å²) in [6.45, 7) is 0. The van der Waals surface area contributed by atoms with Gasteiger partial charge in [-0.25, -0.2) is 25.9 Å². The van der Waals surface area contributed by atoms with Crippen molar-refractivity contribution >= 4 is 25.7 Å². The zero-order valence-corrected chi connectivity index (χ0v) is 14.1. The van der Waals surface area contributed by atoms with E-state index >= 15 is 0 Å². The summed E-state index contributed by atoms with van der Waals surface area (Å²) >= 11 is 0. The highest BCUT2D eigenvalue weighted by Gasteiger charge is 2.28. The average Bonchev–Trinajstić information content (AvgIpc) is 3.33. The van der Waals surface area contributed by atoms with E-state index in [0.29, 0.717) is 0 Å².